The summed E-state index contributed by atoms with van der Waals surface area (Å²) in [6.45, 7) is 3.44. The molecule has 1 heterocycles. The Hall–Kier alpha value is -1.73. The number of piperazine rings is 1. The Morgan fingerprint density at radius 3 is 2.58 bits per heavy atom. The fraction of sp³-hybridized carbons (Fsp3) is 0.500. The minimum Gasteiger partial charge on any atom is -0.395 e. The van der Waals surface area contributed by atoms with Crippen LogP contribution in [0, 0.1) is 15.9 Å². The maximum Gasteiger partial charge on any atom is 0.295 e. The zero-order valence-corrected chi connectivity index (χ0v) is 10.5. The maximum absolute atomic E-state index is 13.1. The quantitative estimate of drug-likeness (QED) is 0.648. The van der Waals surface area contributed by atoms with Crippen molar-refractivity contribution in [2.24, 2.45) is 0 Å². The van der Waals surface area contributed by atoms with Gasteiger partial charge < -0.3 is 10.0 Å². The molecular weight excluding hydrogens is 253 g/mol. The molecule has 104 valence electrons. The number of nitro benzene ring substituents is 1. The lowest BCUT2D eigenvalue weighted by molar-refractivity contribution is -0.384. The molecule has 1 aliphatic rings. The second-order valence-electron chi connectivity index (χ2n) is 4.44. The number of aliphatic hydroxyl groups is 1. The molecule has 1 N–H and O–H groups in total. The van der Waals surface area contributed by atoms with E-state index in [1.54, 1.807) is 0 Å². The van der Waals surface area contributed by atoms with Crippen LogP contribution in [-0.4, -0.2) is 54.3 Å². The van der Waals surface area contributed by atoms with Gasteiger partial charge in [0.05, 0.1) is 17.6 Å². The highest BCUT2D eigenvalue weighted by Crippen LogP contribution is 2.29. The van der Waals surface area contributed by atoms with E-state index in [4.69, 9.17) is 5.11 Å². The van der Waals surface area contributed by atoms with Crippen molar-refractivity contribution in [2.75, 3.05) is 44.2 Å². The van der Waals surface area contributed by atoms with E-state index in [2.05, 4.69) is 4.90 Å². The van der Waals surface area contributed by atoms with Crippen molar-refractivity contribution in [3.8, 4) is 0 Å². The lowest BCUT2D eigenvalue weighted by Gasteiger charge is -2.35. The summed E-state index contributed by atoms with van der Waals surface area (Å²) in [5.41, 5.74) is 0.255. The minimum atomic E-state index is -0.602. The van der Waals surface area contributed by atoms with Gasteiger partial charge in [0.25, 0.3) is 5.69 Å². The zero-order valence-electron chi connectivity index (χ0n) is 10.5. The number of hydrogen-bond acceptors (Lipinski definition) is 5. The molecule has 19 heavy (non-hydrogen) atoms. The van der Waals surface area contributed by atoms with Crippen LogP contribution >= 0.6 is 0 Å². The standard InChI is InChI=1S/C12H16FN3O3/c13-10-1-2-11(12(9-10)16(18)19)15-5-3-14(4-6-15)7-8-17/h1-2,9,17H,3-8H2. The van der Waals surface area contributed by atoms with Crippen LogP contribution in [0.2, 0.25) is 0 Å². The van der Waals surface area contributed by atoms with E-state index in [9.17, 15) is 14.5 Å². The van der Waals surface area contributed by atoms with E-state index in [1.807, 2.05) is 4.90 Å². The van der Waals surface area contributed by atoms with Gasteiger partial charge in [-0.3, -0.25) is 15.0 Å². The number of β-amino-alcohol motifs (C(OH)–C–C–N with tert-alkyl or cyclic N) is 1. The molecule has 0 unspecified atom stereocenters. The van der Waals surface area contributed by atoms with Crippen molar-refractivity contribution in [3.63, 3.8) is 0 Å². The highest BCUT2D eigenvalue weighted by atomic mass is 19.1. The number of rotatable bonds is 4. The Morgan fingerprint density at radius 1 is 1.32 bits per heavy atom. The van der Waals surface area contributed by atoms with Gasteiger partial charge in [-0.25, -0.2) is 4.39 Å². The van der Waals surface area contributed by atoms with Crippen LogP contribution in [0.25, 0.3) is 0 Å². The lowest BCUT2D eigenvalue weighted by Crippen LogP contribution is -2.47. The first-order chi connectivity index (χ1) is 9.11. The summed E-state index contributed by atoms with van der Waals surface area (Å²) < 4.78 is 13.1. The Bertz CT molecular complexity index is 462. The number of halogens is 1. The minimum absolute atomic E-state index is 0.108. The van der Waals surface area contributed by atoms with Gasteiger partial charge in [-0.2, -0.15) is 0 Å². The molecule has 1 saturated heterocycles. The van der Waals surface area contributed by atoms with Gasteiger partial charge >= 0.3 is 0 Å². The first-order valence-corrected chi connectivity index (χ1v) is 6.14. The first-order valence-electron chi connectivity index (χ1n) is 6.14. The van der Waals surface area contributed by atoms with Gasteiger partial charge in [0.1, 0.15) is 11.5 Å². The molecule has 0 radical (unpaired) electrons. The van der Waals surface area contributed by atoms with E-state index < -0.39 is 10.7 Å². The highest BCUT2D eigenvalue weighted by molar-refractivity contribution is 5.63. The molecule has 0 spiro atoms. The van der Waals surface area contributed by atoms with Crippen LogP contribution < -0.4 is 4.90 Å². The number of anilines is 1. The average molecular weight is 269 g/mol. The molecule has 1 aromatic carbocycles. The Morgan fingerprint density at radius 2 is 2.00 bits per heavy atom. The van der Waals surface area contributed by atoms with Gasteiger partial charge in [0.15, 0.2) is 0 Å². The van der Waals surface area contributed by atoms with Crippen LogP contribution in [0.5, 0.6) is 0 Å². The summed E-state index contributed by atoms with van der Waals surface area (Å²) in [4.78, 5) is 14.4. The Balaban J connectivity index is 2.13. The molecule has 1 aromatic rings. The largest absolute Gasteiger partial charge is 0.395 e. The van der Waals surface area contributed by atoms with E-state index in [1.165, 1.54) is 12.1 Å². The molecule has 0 saturated carbocycles. The van der Waals surface area contributed by atoms with Gasteiger partial charge in [-0.05, 0) is 12.1 Å². The molecule has 2 rings (SSSR count). The number of benzene rings is 1. The van der Waals surface area contributed by atoms with E-state index in [0.29, 0.717) is 25.3 Å². The van der Waals surface area contributed by atoms with Crippen LogP contribution in [-0.2, 0) is 0 Å². The molecule has 0 atom stereocenters. The lowest BCUT2D eigenvalue weighted by atomic mass is 10.2. The predicted octanol–water partition coefficient (Wildman–Crippen LogP) is 0.848. The molecule has 7 heteroatoms. The summed E-state index contributed by atoms with van der Waals surface area (Å²) >= 11 is 0. The fourth-order valence-electron chi connectivity index (χ4n) is 2.26. The van der Waals surface area contributed by atoms with Gasteiger partial charge in [0.2, 0.25) is 0 Å². The summed E-state index contributed by atoms with van der Waals surface area (Å²) in [6.07, 6.45) is 0. The molecule has 6 nitrogen and oxygen atoms in total. The summed E-state index contributed by atoms with van der Waals surface area (Å²) in [5.74, 6) is -0.602. The third kappa shape index (κ3) is 3.18. The van der Waals surface area contributed by atoms with Crippen molar-refractivity contribution in [3.05, 3.63) is 34.1 Å². The SMILES string of the molecule is O=[N+]([O-])c1cc(F)ccc1N1CCN(CCO)CC1. The second kappa shape index (κ2) is 5.94. The van der Waals surface area contributed by atoms with Crippen molar-refractivity contribution in [1.82, 2.24) is 4.90 Å². The summed E-state index contributed by atoms with van der Waals surface area (Å²) in [5, 5.41) is 19.8. The third-order valence-electron chi connectivity index (χ3n) is 3.26. The molecular formula is C12H16FN3O3. The topological polar surface area (TPSA) is 69.9 Å². The van der Waals surface area contributed by atoms with E-state index in [0.717, 1.165) is 19.2 Å². The number of nitro groups is 1. The van der Waals surface area contributed by atoms with Crippen LogP contribution in [0.4, 0.5) is 15.8 Å². The predicted molar refractivity (Wildman–Crippen MR) is 68.8 cm³/mol. The maximum atomic E-state index is 13.1. The van der Waals surface area contributed by atoms with Crippen LogP contribution in [0.1, 0.15) is 0 Å². The van der Waals surface area contributed by atoms with Gasteiger partial charge in [-0.15, -0.1) is 0 Å². The molecule has 0 amide bonds. The van der Waals surface area contributed by atoms with Gasteiger partial charge in [0, 0.05) is 32.7 Å². The zero-order chi connectivity index (χ0) is 13.8. The highest BCUT2D eigenvalue weighted by Gasteiger charge is 2.23. The third-order valence-corrected chi connectivity index (χ3v) is 3.26. The second-order valence-corrected chi connectivity index (χ2v) is 4.44. The van der Waals surface area contributed by atoms with Crippen molar-refractivity contribution >= 4 is 11.4 Å². The normalized spacial score (nSPS) is 16.6. The summed E-state index contributed by atoms with van der Waals surface area (Å²) in [7, 11) is 0. The Kier molecular flexibility index (Phi) is 4.28. The molecule has 1 aliphatic heterocycles. The Labute approximate surface area is 110 Å². The first kappa shape index (κ1) is 13.7. The van der Waals surface area contributed by atoms with Crippen molar-refractivity contribution in [2.45, 2.75) is 0 Å². The number of hydrogen-bond donors (Lipinski definition) is 1. The number of nitrogens with zero attached hydrogens (tertiary/aromatic N) is 3. The molecule has 0 aliphatic carbocycles. The smallest absolute Gasteiger partial charge is 0.295 e. The summed E-state index contributed by atoms with van der Waals surface area (Å²) in [6, 6.07) is 3.65. The fourth-order valence-corrected chi connectivity index (χ4v) is 2.26. The van der Waals surface area contributed by atoms with Crippen LogP contribution in [0.3, 0.4) is 0 Å². The van der Waals surface area contributed by atoms with Crippen LogP contribution in [0.15, 0.2) is 18.2 Å². The molecule has 0 bridgehead atoms. The van der Waals surface area contributed by atoms with Crippen molar-refractivity contribution in [1.29, 1.82) is 0 Å². The molecule has 0 aromatic heterocycles. The average Bonchev–Trinajstić information content (AvgIpc) is 2.40. The van der Waals surface area contributed by atoms with Crippen molar-refractivity contribution < 1.29 is 14.4 Å². The van der Waals surface area contributed by atoms with E-state index >= 15 is 0 Å². The van der Waals surface area contributed by atoms with E-state index in [-0.39, 0.29) is 12.3 Å². The van der Waals surface area contributed by atoms with Gasteiger partial charge in [-0.1, -0.05) is 0 Å². The number of aliphatic hydroxyl groups excluding tert-OH is 1. The monoisotopic (exact) mass is 269 g/mol. The molecule has 1 fully saturated rings.